The number of anilines is 2. The number of nitrogens with two attached hydrogens (primary N) is 1. The van der Waals surface area contributed by atoms with E-state index in [2.05, 4.69) is 20.8 Å². The molecule has 0 radical (unpaired) electrons. The fraction of sp³-hybridized carbons (Fsp3) is 0.273. The fourth-order valence-corrected chi connectivity index (χ4v) is 2.70. The average molecular weight is 407 g/mol. The van der Waals surface area contributed by atoms with E-state index < -0.39 is 6.03 Å². The molecule has 0 bridgehead atoms. The Morgan fingerprint density at radius 3 is 2.43 bits per heavy atom. The highest BCUT2D eigenvalue weighted by atomic mass is 16.5. The first-order valence-corrected chi connectivity index (χ1v) is 9.58. The monoisotopic (exact) mass is 407 g/mol. The second-order valence-electron chi connectivity index (χ2n) is 7.92. The molecule has 2 heterocycles. The molecule has 4 N–H and O–H groups in total. The van der Waals surface area contributed by atoms with Crippen molar-refractivity contribution in [1.29, 1.82) is 0 Å². The van der Waals surface area contributed by atoms with Crippen molar-refractivity contribution in [3.63, 3.8) is 0 Å². The van der Waals surface area contributed by atoms with Gasteiger partial charge in [0.05, 0.1) is 5.69 Å². The van der Waals surface area contributed by atoms with E-state index in [4.69, 9.17) is 10.3 Å². The highest BCUT2D eigenvalue weighted by molar-refractivity contribution is 5.99. The van der Waals surface area contributed by atoms with Gasteiger partial charge in [-0.05, 0) is 29.8 Å². The Balaban J connectivity index is 1.56. The molecule has 2 aromatic heterocycles. The third-order valence-electron chi connectivity index (χ3n) is 4.37. The van der Waals surface area contributed by atoms with Crippen LogP contribution >= 0.6 is 0 Å². The van der Waals surface area contributed by atoms with Crippen LogP contribution in [-0.4, -0.2) is 22.0 Å². The van der Waals surface area contributed by atoms with Gasteiger partial charge in [-0.2, -0.15) is 0 Å². The van der Waals surface area contributed by atoms with Gasteiger partial charge >= 0.3 is 6.03 Å². The molecule has 0 saturated carbocycles. The molecule has 0 fully saturated rings. The maximum absolute atomic E-state index is 12.4. The number of rotatable bonds is 6. The molecule has 0 unspecified atom stereocenters. The molecule has 8 heteroatoms. The van der Waals surface area contributed by atoms with Crippen molar-refractivity contribution in [3.05, 3.63) is 71.2 Å². The Morgan fingerprint density at radius 1 is 1.07 bits per heavy atom. The summed E-state index contributed by atoms with van der Waals surface area (Å²) in [6.07, 6.45) is 0.210. The van der Waals surface area contributed by atoms with Crippen LogP contribution in [0, 0.1) is 0 Å². The van der Waals surface area contributed by atoms with Gasteiger partial charge in [0.2, 0.25) is 0 Å². The predicted molar refractivity (Wildman–Crippen MR) is 114 cm³/mol. The van der Waals surface area contributed by atoms with Gasteiger partial charge < -0.3 is 15.6 Å². The number of carbonyl (C=O) groups is 2. The molecule has 0 spiro atoms. The number of urea groups is 1. The minimum Gasteiger partial charge on any atom is -0.359 e. The summed E-state index contributed by atoms with van der Waals surface area (Å²) in [5, 5.41) is 9.21. The maximum Gasteiger partial charge on any atom is 0.324 e. The molecule has 0 aliphatic rings. The summed E-state index contributed by atoms with van der Waals surface area (Å²) in [7, 11) is 0. The Hall–Kier alpha value is -3.52. The molecule has 8 nitrogen and oxygen atoms in total. The van der Waals surface area contributed by atoms with Crippen LogP contribution in [-0.2, 0) is 18.4 Å². The van der Waals surface area contributed by atoms with Crippen LogP contribution in [0.1, 0.15) is 48.3 Å². The second kappa shape index (κ2) is 8.87. The van der Waals surface area contributed by atoms with Crippen molar-refractivity contribution >= 4 is 23.3 Å². The smallest absolute Gasteiger partial charge is 0.324 e. The third-order valence-corrected chi connectivity index (χ3v) is 4.37. The van der Waals surface area contributed by atoms with E-state index in [1.165, 1.54) is 0 Å². The lowest BCUT2D eigenvalue weighted by Gasteiger charge is -2.12. The van der Waals surface area contributed by atoms with Gasteiger partial charge in [-0.15, -0.1) is 0 Å². The van der Waals surface area contributed by atoms with Crippen molar-refractivity contribution in [2.75, 3.05) is 10.6 Å². The lowest BCUT2D eigenvalue weighted by molar-refractivity contribution is 0.0988. The third kappa shape index (κ3) is 5.51. The van der Waals surface area contributed by atoms with Gasteiger partial charge in [0.15, 0.2) is 11.6 Å². The fourth-order valence-electron chi connectivity index (χ4n) is 2.70. The van der Waals surface area contributed by atoms with E-state index in [9.17, 15) is 9.59 Å². The summed E-state index contributed by atoms with van der Waals surface area (Å²) < 4.78 is 5.25. The minimum atomic E-state index is -0.435. The summed E-state index contributed by atoms with van der Waals surface area (Å²) in [6, 6.07) is 13.5. The summed E-state index contributed by atoms with van der Waals surface area (Å²) in [6.45, 7) is 6.27. The van der Waals surface area contributed by atoms with Gasteiger partial charge in [0.1, 0.15) is 11.5 Å². The second-order valence-corrected chi connectivity index (χ2v) is 7.92. The van der Waals surface area contributed by atoms with Crippen molar-refractivity contribution in [2.45, 2.75) is 39.2 Å². The Labute approximate surface area is 174 Å². The van der Waals surface area contributed by atoms with Crippen LogP contribution in [0.4, 0.5) is 16.3 Å². The molecule has 1 aromatic carbocycles. The summed E-state index contributed by atoms with van der Waals surface area (Å²) >= 11 is 0. The average Bonchev–Trinajstić information content (AvgIpc) is 3.18. The SMILES string of the molecule is CC(C)(C)c1cc(NC(=O)Nc2ccc(CC(=O)c3cccc(CN)n3)cc2)no1. The number of nitrogens with zero attached hydrogens (tertiary/aromatic N) is 2. The van der Waals surface area contributed by atoms with Crippen LogP contribution in [0.25, 0.3) is 0 Å². The van der Waals surface area contributed by atoms with Crippen LogP contribution in [0.5, 0.6) is 0 Å². The summed E-state index contributed by atoms with van der Waals surface area (Å²) in [5.41, 5.74) is 7.85. The lowest BCUT2D eigenvalue weighted by Crippen LogP contribution is -2.19. The molecule has 3 aromatic rings. The number of amides is 2. The number of Topliss-reactive ketones (excluding diaryl/α,β-unsaturated/α-hetero) is 1. The van der Waals surface area contributed by atoms with Crippen molar-refractivity contribution in [2.24, 2.45) is 5.73 Å². The molecule has 0 saturated heterocycles. The molecular formula is C22H25N5O3. The zero-order chi connectivity index (χ0) is 21.7. The zero-order valence-corrected chi connectivity index (χ0v) is 17.2. The molecule has 3 rings (SSSR count). The number of hydrogen-bond acceptors (Lipinski definition) is 6. The van der Waals surface area contributed by atoms with E-state index in [0.29, 0.717) is 28.7 Å². The molecule has 30 heavy (non-hydrogen) atoms. The minimum absolute atomic E-state index is 0.0931. The molecular weight excluding hydrogens is 382 g/mol. The molecule has 2 amide bonds. The van der Waals surface area contributed by atoms with Crippen LogP contribution in [0.2, 0.25) is 0 Å². The highest BCUT2D eigenvalue weighted by Crippen LogP contribution is 2.24. The molecule has 0 aliphatic carbocycles. The van der Waals surface area contributed by atoms with Crippen LogP contribution < -0.4 is 16.4 Å². The maximum atomic E-state index is 12.4. The summed E-state index contributed by atoms with van der Waals surface area (Å²) in [4.78, 5) is 28.8. The Bertz CT molecular complexity index is 1040. The van der Waals surface area contributed by atoms with Crippen molar-refractivity contribution in [3.8, 4) is 0 Å². The van der Waals surface area contributed by atoms with Crippen molar-refractivity contribution < 1.29 is 14.1 Å². The Morgan fingerprint density at radius 2 is 1.80 bits per heavy atom. The van der Waals surface area contributed by atoms with Gasteiger partial charge in [-0.3, -0.25) is 10.1 Å². The first kappa shape index (κ1) is 21.2. The predicted octanol–water partition coefficient (Wildman–Crippen LogP) is 3.90. The van der Waals surface area contributed by atoms with E-state index in [1.807, 2.05) is 20.8 Å². The van der Waals surface area contributed by atoms with E-state index in [-0.39, 0.29) is 24.2 Å². The van der Waals surface area contributed by atoms with E-state index in [0.717, 1.165) is 5.56 Å². The molecule has 156 valence electrons. The number of carbonyl (C=O) groups excluding carboxylic acids is 2. The molecule has 0 atom stereocenters. The number of ketones is 1. The van der Waals surface area contributed by atoms with E-state index in [1.54, 1.807) is 48.5 Å². The van der Waals surface area contributed by atoms with E-state index >= 15 is 0 Å². The Kier molecular flexibility index (Phi) is 6.27. The number of hydrogen-bond donors (Lipinski definition) is 3. The number of aromatic nitrogens is 2. The van der Waals surface area contributed by atoms with Crippen LogP contribution in [0.15, 0.2) is 53.1 Å². The standard InChI is InChI=1S/C22H25N5O3/c1-22(2,3)19-12-20(27-30-19)26-21(29)25-15-9-7-14(8-10-15)11-18(28)17-6-4-5-16(13-23)24-17/h4-10,12H,11,13,23H2,1-3H3,(H2,25,26,27,29). The van der Waals surface area contributed by atoms with Crippen LogP contribution in [0.3, 0.4) is 0 Å². The first-order chi connectivity index (χ1) is 14.2. The number of pyridine rings is 1. The first-order valence-electron chi connectivity index (χ1n) is 9.58. The summed E-state index contributed by atoms with van der Waals surface area (Å²) in [5.74, 6) is 0.926. The van der Waals surface area contributed by atoms with Crippen molar-refractivity contribution in [1.82, 2.24) is 10.1 Å². The number of nitrogens with one attached hydrogen (secondary N) is 2. The highest BCUT2D eigenvalue weighted by Gasteiger charge is 2.20. The lowest BCUT2D eigenvalue weighted by atomic mass is 9.93. The quantitative estimate of drug-likeness (QED) is 0.533. The largest absolute Gasteiger partial charge is 0.359 e. The zero-order valence-electron chi connectivity index (χ0n) is 17.2. The normalized spacial score (nSPS) is 11.2. The van der Waals surface area contributed by atoms with Gasteiger partial charge in [-0.1, -0.05) is 44.1 Å². The number of benzene rings is 1. The molecule has 0 aliphatic heterocycles. The van der Waals surface area contributed by atoms with Gasteiger partial charge in [0, 0.05) is 30.1 Å². The van der Waals surface area contributed by atoms with Gasteiger partial charge in [0.25, 0.3) is 0 Å². The van der Waals surface area contributed by atoms with Gasteiger partial charge in [-0.25, -0.2) is 9.78 Å². The topological polar surface area (TPSA) is 123 Å².